The summed E-state index contributed by atoms with van der Waals surface area (Å²) in [6.45, 7) is 3.78. The summed E-state index contributed by atoms with van der Waals surface area (Å²) in [4.78, 5) is 19.6. The van der Waals surface area contributed by atoms with Crippen molar-refractivity contribution in [3.63, 3.8) is 0 Å². The monoisotopic (exact) mass is 425 g/mol. The topological polar surface area (TPSA) is 54.5 Å². The van der Waals surface area contributed by atoms with E-state index in [1.165, 1.54) is 22.3 Å². The number of anilines is 1. The SMILES string of the molecule is O=C(NCC1CC2c3ccccc3C1c1ccccc12)c1cc(N2CCOCC2)ccn1. The lowest BCUT2D eigenvalue weighted by Crippen LogP contribution is -2.39. The number of nitrogens with zero attached hydrogens (tertiary/aromatic N) is 2. The minimum absolute atomic E-state index is 0.0943. The van der Waals surface area contributed by atoms with Gasteiger partial charge in [-0.1, -0.05) is 48.5 Å². The maximum Gasteiger partial charge on any atom is 0.269 e. The zero-order valence-electron chi connectivity index (χ0n) is 18.0. The van der Waals surface area contributed by atoms with Gasteiger partial charge in [-0.15, -0.1) is 0 Å². The largest absolute Gasteiger partial charge is 0.378 e. The Hall–Kier alpha value is -3.18. The van der Waals surface area contributed by atoms with Crippen LogP contribution in [0.5, 0.6) is 0 Å². The lowest BCUT2D eigenvalue weighted by atomic mass is 9.59. The molecule has 1 amide bonds. The third-order valence-electron chi connectivity index (χ3n) is 7.30. The molecule has 5 nitrogen and oxygen atoms in total. The smallest absolute Gasteiger partial charge is 0.269 e. The Morgan fingerprint density at radius 1 is 0.969 bits per heavy atom. The Morgan fingerprint density at radius 2 is 1.62 bits per heavy atom. The number of nitrogens with one attached hydrogen (secondary N) is 1. The highest BCUT2D eigenvalue weighted by Crippen LogP contribution is 2.55. The minimum Gasteiger partial charge on any atom is -0.378 e. The predicted octanol–water partition coefficient (Wildman–Crippen LogP) is 3.95. The molecule has 0 spiro atoms. The van der Waals surface area contributed by atoms with Crippen LogP contribution in [0, 0.1) is 5.92 Å². The Balaban J connectivity index is 1.21. The van der Waals surface area contributed by atoms with Crippen LogP contribution in [0.25, 0.3) is 0 Å². The van der Waals surface area contributed by atoms with Gasteiger partial charge in [-0.3, -0.25) is 9.78 Å². The first-order valence-electron chi connectivity index (χ1n) is 11.5. The normalized spacial score (nSPS) is 23.4. The second-order valence-electron chi connectivity index (χ2n) is 8.99. The van der Waals surface area contributed by atoms with Gasteiger partial charge in [-0.25, -0.2) is 0 Å². The zero-order valence-corrected chi connectivity index (χ0v) is 18.0. The van der Waals surface area contributed by atoms with Gasteiger partial charge < -0.3 is 15.0 Å². The fraction of sp³-hybridized carbons (Fsp3) is 0.333. The molecule has 3 aromatic rings. The van der Waals surface area contributed by atoms with Crippen molar-refractivity contribution in [1.29, 1.82) is 0 Å². The van der Waals surface area contributed by atoms with Crippen molar-refractivity contribution in [2.45, 2.75) is 18.3 Å². The van der Waals surface area contributed by atoms with Crippen LogP contribution in [0.4, 0.5) is 5.69 Å². The van der Waals surface area contributed by atoms with Crippen LogP contribution in [0.3, 0.4) is 0 Å². The van der Waals surface area contributed by atoms with E-state index in [-0.39, 0.29) is 5.91 Å². The number of amides is 1. The summed E-state index contributed by atoms with van der Waals surface area (Å²) < 4.78 is 5.44. The van der Waals surface area contributed by atoms with Crippen LogP contribution in [-0.2, 0) is 4.74 Å². The van der Waals surface area contributed by atoms with Crippen LogP contribution in [0.1, 0.15) is 51.0 Å². The number of carbonyl (C=O) groups excluding carboxylic acids is 1. The van der Waals surface area contributed by atoms with E-state index in [2.05, 4.69) is 63.7 Å². The first kappa shape index (κ1) is 19.5. The summed E-state index contributed by atoms with van der Waals surface area (Å²) in [7, 11) is 0. The summed E-state index contributed by atoms with van der Waals surface area (Å²) in [6.07, 6.45) is 2.80. The molecule has 1 aromatic heterocycles. The number of ether oxygens (including phenoxy) is 1. The van der Waals surface area contributed by atoms with E-state index in [1.807, 2.05) is 12.1 Å². The Bertz CT molecular complexity index is 1110. The maximum atomic E-state index is 13.0. The van der Waals surface area contributed by atoms with Crippen molar-refractivity contribution in [2.75, 3.05) is 37.7 Å². The molecule has 2 aromatic carbocycles. The molecule has 1 fully saturated rings. The van der Waals surface area contributed by atoms with E-state index in [1.54, 1.807) is 6.20 Å². The summed E-state index contributed by atoms with van der Waals surface area (Å²) in [5.41, 5.74) is 7.28. The van der Waals surface area contributed by atoms with Gasteiger partial charge >= 0.3 is 0 Å². The molecule has 0 radical (unpaired) electrons. The number of pyridine rings is 1. The summed E-state index contributed by atoms with van der Waals surface area (Å²) in [5, 5.41) is 3.20. The third kappa shape index (κ3) is 3.28. The van der Waals surface area contributed by atoms with E-state index in [9.17, 15) is 4.79 Å². The average molecular weight is 426 g/mol. The number of morpholine rings is 1. The van der Waals surface area contributed by atoms with Gasteiger partial charge in [0.25, 0.3) is 5.91 Å². The second-order valence-corrected chi connectivity index (χ2v) is 8.99. The Kier molecular flexibility index (Phi) is 4.91. The van der Waals surface area contributed by atoms with Crippen molar-refractivity contribution in [1.82, 2.24) is 10.3 Å². The zero-order chi connectivity index (χ0) is 21.5. The van der Waals surface area contributed by atoms with E-state index in [4.69, 9.17) is 4.74 Å². The molecule has 3 aliphatic carbocycles. The molecule has 0 saturated carbocycles. The van der Waals surface area contributed by atoms with Gasteiger partial charge in [-0.2, -0.15) is 0 Å². The highest BCUT2D eigenvalue weighted by atomic mass is 16.5. The van der Waals surface area contributed by atoms with Crippen molar-refractivity contribution in [2.24, 2.45) is 5.92 Å². The fourth-order valence-corrected chi connectivity index (χ4v) is 5.84. The molecule has 2 heterocycles. The molecule has 162 valence electrons. The molecular weight excluding hydrogens is 398 g/mol. The molecule has 1 aliphatic heterocycles. The number of hydrogen-bond acceptors (Lipinski definition) is 4. The van der Waals surface area contributed by atoms with Gasteiger partial charge in [0, 0.05) is 43.4 Å². The van der Waals surface area contributed by atoms with Crippen molar-refractivity contribution in [3.05, 3.63) is 94.8 Å². The Labute approximate surface area is 188 Å². The standard InChI is InChI=1S/C27H27N3O2/c31-27(25-16-19(9-10-28-25)30-11-13-32-14-12-30)29-17-18-15-24-20-5-1-3-7-22(20)26(18)23-8-4-2-6-21(23)24/h1-10,16,18,24,26H,11-15,17H2,(H,29,31). The van der Waals surface area contributed by atoms with E-state index < -0.39 is 0 Å². The fourth-order valence-electron chi connectivity index (χ4n) is 5.84. The van der Waals surface area contributed by atoms with E-state index >= 15 is 0 Å². The molecule has 5 heteroatoms. The van der Waals surface area contributed by atoms with Crippen LogP contribution in [-0.4, -0.2) is 43.7 Å². The number of hydrogen-bond donors (Lipinski definition) is 1. The highest BCUT2D eigenvalue weighted by molar-refractivity contribution is 5.93. The van der Waals surface area contributed by atoms with E-state index in [0.29, 0.717) is 30.0 Å². The predicted molar refractivity (Wildman–Crippen MR) is 124 cm³/mol. The molecule has 1 N–H and O–H groups in total. The third-order valence-corrected chi connectivity index (χ3v) is 7.30. The highest BCUT2D eigenvalue weighted by Gasteiger charge is 2.42. The number of fused-ring (bicyclic) bond motifs is 1. The summed E-state index contributed by atoms with van der Waals surface area (Å²) >= 11 is 0. The number of benzene rings is 2. The lowest BCUT2D eigenvalue weighted by Gasteiger charge is -2.45. The lowest BCUT2D eigenvalue weighted by molar-refractivity contribution is 0.0938. The Morgan fingerprint density at radius 3 is 2.31 bits per heavy atom. The van der Waals surface area contributed by atoms with Crippen LogP contribution < -0.4 is 10.2 Å². The number of aromatic nitrogens is 1. The molecule has 2 bridgehead atoms. The summed E-state index contributed by atoms with van der Waals surface area (Å²) in [6, 6.07) is 21.5. The van der Waals surface area contributed by atoms with Gasteiger partial charge in [0.15, 0.2) is 0 Å². The molecule has 32 heavy (non-hydrogen) atoms. The maximum absolute atomic E-state index is 13.0. The molecule has 7 rings (SSSR count). The molecular formula is C27H27N3O2. The van der Waals surface area contributed by atoms with Crippen LogP contribution in [0.15, 0.2) is 66.9 Å². The first-order chi connectivity index (χ1) is 15.8. The number of rotatable bonds is 4. The molecule has 1 saturated heterocycles. The minimum atomic E-state index is -0.0943. The first-order valence-corrected chi connectivity index (χ1v) is 11.5. The molecule has 4 aliphatic rings. The van der Waals surface area contributed by atoms with E-state index in [0.717, 1.165) is 38.4 Å². The van der Waals surface area contributed by atoms with Crippen LogP contribution in [0.2, 0.25) is 0 Å². The second kappa shape index (κ2) is 8.06. The van der Waals surface area contributed by atoms with Gasteiger partial charge in [-0.05, 0) is 46.7 Å². The van der Waals surface area contributed by atoms with Crippen LogP contribution >= 0.6 is 0 Å². The van der Waals surface area contributed by atoms with Crippen molar-refractivity contribution in [3.8, 4) is 0 Å². The molecule has 1 atom stereocenters. The summed E-state index contributed by atoms with van der Waals surface area (Å²) in [5.74, 6) is 1.04. The quantitative estimate of drug-likeness (QED) is 0.688. The van der Waals surface area contributed by atoms with Gasteiger partial charge in [0.05, 0.1) is 13.2 Å². The number of carbonyl (C=O) groups is 1. The van der Waals surface area contributed by atoms with Crippen molar-refractivity contribution < 1.29 is 9.53 Å². The average Bonchev–Trinajstić information content (AvgIpc) is 2.88. The molecule has 1 unspecified atom stereocenters. The van der Waals surface area contributed by atoms with Gasteiger partial charge in [0.2, 0.25) is 0 Å². The van der Waals surface area contributed by atoms with Crippen molar-refractivity contribution >= 4 is 11.6 Å². The van der Waals surface area contributed by atoms with Gasteiger partial charge in [0.1, 0.15) is 5.69 Å².